The van der Waals surface area contributed by atoms with Crippen LogP contribution in [0.1, 0.15) is 77.3 Å². The monoisotopic (exact) mass is 889 g/mol. The zero-order valence-corrected chi connectivity index (χ0v) is 34.8. The summed E-state index contributed by atoms with van der Waals surface area (Å²) in [4.78, 5) is 30.1. The van der Waals surface area contributed by atoms with Gasteiger partial charge in [0.2, 0.25) is 5.88 Å². The van der Waals surface area contributed by atoms with Gasteiger partial charge in [0.15, 0.2) is 0 Å². The van der Waals surface area contributed by atoms with Crippen LogP contribution in [-0.4, -0.2) is 75.5 Å². The lowest BCUT2D eigenvalue weighted by atomic mass is 9.68. The number of anilines is 1. The smallest absolute Gasteiger partial charge is 0.286 e. The zero-order chi connectivity index (χ0) is 38.0. The number of halogens is 2. The number of aryl methyl sites for hydroxylation is 2. The first-order chi connectivity index (χ1) is 26.0. The second kappa shape index (κ2) is 16.5. The molecule has 2 amide bonds. The number of allylic oxidation sites excluding steroid dienone is 1. The normalized spacial score (nSPS) is 28.8. The summed E-state index contributed by atoms with van der Waals surface area (Å²) < 4.78 is 42.6. The fraction of sp³-hybridized carbons (Fsp3) is 0.525. The Morgan fingerprint density at radius 3 is 2.85 bits per heavy atom. The van der Waals surface area contributed by atoms with Gasteiger partial charge in [-0.05, 0) is 104 Å². The summed E-state index contributed by atoms with van der Waals surface area (Å²) >= 11 is 8.88. The van der Waals surface area contributed by atoms with Gasteiger partial charge in [-0.2, -0.15) is 0 Å². The minimum atomic E-state index is -3.61. The van der Waals surface area contributed by atoms with Gasteiger partial charge in [0, 0.05) is 53.4 Å². The molecule has 1 fully saturated rings. The Morgan fingerprint density at radius 2 is 2.07 bits per heavy atom. The van der Waals surface area contributed by atoms with Crippen LogP contribution >= 0.6 is 34.2 Å². The van der Waals surface area contributed by atoms with E-state index in [1.165, 1.54) is 29.1 Å². The second-order valence-corrected chi connectivity index (χ2v) is 18.8. The number of amides is 2. The highest BCUT2D eigenvalue weighted by Gasteiger charge is 2.44. The number of methoxy groups -OCH3 is 1. The Morgan fingerprint density at radius 1 is 1.22 bits per heavy atom. The standard InChI is InChI=1S/C40H49ClIN5O6S/c1-26-7-4-9-35(52-18-6-17-42)31-13-10-29(31)21-47-24-40(16-5-8-27-19-30(41)12-14-33(27)40)25-53-36-15-11-28(20-34(36)47)37(48)44-54(50,23-26)45-38(49)32-22-46(2)43-39(32)51-3/h4,9,11-12,14-15,19-20,22,26,29,31,35H,5-8,10,13,16-18,21,23-25H2,1-3H3,(H,44,45,48,49,50)/b9-4+/t26-,29-,31+,35-,40-,54-/m0/s1. The number of hydrogen-bond donors (Lipinski definition) is 1. The van der Waals surface area contributed by atoms with Gasteiger partial charge >= 0.3 is 0 Å². The Labute approximate surface area is 337 Å². The maximum Gasteiger partial charge on any atom is 0.286 e. The molecule has 2 aromatic carbocycles. The summed E-state index contributed by atoms with van der Waals surface area (Å²) in [7, 11) is -0.535. The minimum Gasteiger partial charge on any atom is -0.490 e. The van der Waals surface area contributed by atoms with Crippen LogP contribution in [-0.2, 0) is 33.5 Å². The van der Waals surface area contributed by atoms with Crippen molar-refractivity contribution in [1.82, 2.24) is 14.5 Å². The Hall–Kier alpha value is -3.14. The van der Waals surface area contributed by atoms with Gasteiger partial charge in [-0.1, -0.05) is 59.3 Å². The number of alkyl halides is 1. The van der Waals surface area contributed by atoms with Crippen molar-refractivity contribution >= 4 is 61.6 Å². The molecule has 0 radical (unpaired) electrons. The lowest BCUT2D eigenvalue weighted by molar-refractivity contribution is -0.0133. The van der Waals surface area contributed by atoms with E-state index in [1.807, 2.05) is 25.1 Å². The molecule has 4 aliphatic rings. The van der Waals surface area contributed by atoms with Crippen LogP contribution in [0.4, 0.5) is 5.69 Å². The number of carbonyl (C=O) groups is 2. The first kappa shape index (κ1) is 39.1. The minimum absolute atomic E-state index is 0.0318. The van der Waals surface area contributed by atoms with Crippen molar-refractivity contribution in [3.63, 3.8) is 0 Å². The number of ether oxygens (including phenoxy) is 3. The summed E-state index contributed by atoms with van der Waals surface area (Å²) in [6, 6.07) is 11.6. The van der Waals surface area contributed by atoms with Gasteiger partial charge in [0.25, 0.3) is 11.8 Å². The second-order valence-electron chi connectivity index (χ2n) is 15.3. The van der Waals surface area contributed by atoms with Crippen molar-refractivity contribution in [3.05, 3.63) is 82.0 Å². The van der Waals surface area contributed by atoms with Crippen molar-refractivity contribution in [2.75, 3.05) is 48.5 Å². The van der Waals surface area contributed by atoms with Crippen molar-refractivity contribution in [2.24, 2.45) is 29.2 Å². The topological polar surface area (TPSA) is 124 Å². The summed E-state index contributed by atoms with van der Waals surface area (Å²) in [5, 5.41) is 4.90. The Balaban J connectivity index is 1.30. The van der Waals surface area contributed by atoms with Crippen LogP contribution in [0.15, 0.2) is 59.1 Å². The largest absolute Gasteiger partial charge is 0.490 e. The Bertz CT molecular complexity index is 2050. The van der Waals surface area contributed by atoms with E-state index < -0.39 is 21.7 Å². The van der Waals surface area contributed by atoms with Crippen molar-refractivity contribution in [2.45, 2.75) is 63.4 Å². The SMILES string of the molecule is COc1nn(C)cc1C(=O)N[S@@]1(=O)=NC(=O)c2ccc3c(c2)N(C[C@@H]2CC[C@H]2[C@@H](OCCCI)/C=C/C[C@H](C)C1)C[C@@]1(CCCc2cc(Cl)ccc21)CO3. The summed E-state index contributed by atoms with van der Waals surface area (Å²) in [6.45, 7) is 4.61. The molecule has 6 atom stereocenters. The molecule has 3 heterocycles. The molecular formula is C40H49ClIN5O6S. The molecule has 54 heavy (non-hydrogen) atoms. The van der Waals surface area contributed by atoms with E-state index in [0.29, 0.717) is 43.8 Å². The van der Waals surface area contributed by atoms with Crippen molar-refractivity contribution in [1.29, 1.82) is 0 Å². The van der Waals surface area contributed by atoms with E-state index in [-0.39, 0.29) is 40.2 Å². The zero-order valence-electron chi connectivity index (χ0n) is 31.1. The van der Waals surface area contributed by atoms with Crippen LogP contribution in [0, 0.1) is 17.8 Å². The molecule has 7 rings (SSSR count). The molecule has 2 aliphatic heterocycles. The lowest BCUT2D eigenvalue weighted by Crippen LogP contribution is -2.49. The van der Waals surface area contributed by atoms with Gasteiger partial charge < -0.3 is 19.1 Å². The average molecular weight is 890 g/mol. The van der Waals surface area contributed by atoms with Gasteiger partial charge in [-0.15, -0.1) is 9.46 Å². The highest BCUT2D eigenvalue weighted by atomic mass is 127. The van der Waals surface area contributed by atoms with E-state index in [2.05, 4.69) is 66.0 Å². The quantitative estimate of drug-likeness (QED) is 0.113. The third kappa shape index (κ3) is 8.34. The predicted molar refractivity (Wildman–Crippen MR) is 220 cm³/mol. The summed E-state index contributed by atoms with van der Waals surface area (Å²) in [5.41, 5.74) is 3.45. The molecule has 1 N–H and O–H groups in total. The molecular weight excluding hydrogens is 841 g/mol. The fourth-order valence-corrected chi connectivity index (χ4v) is 10.9. The van der Waals surface area contributed by atoms with Gasteiger partial charge in [-0.3, -0.25) is 19.0 Å². The van der Waals surface area contributed by atoms with Crippen LogP contribution in [0.3, 0.4) is 0 Å². The number of fused-ring (bicyclic) bond motifs is 4. The number of nitrogens with zero attached hydrogens (tertiary/aromatic N) is 4. The highest BCUT2D eigenvalue weighted by molar-refractivity contribution is 14.1. The summed E-state index contributed by atoms with van der Waals surface area (Å²) in [5.74, 6) is -0.0678. The first-order valence-corrected chi connectivity index (χ1v) is 22.4. The van der Waals surface area contributed by atoms with Crippen LogP contribution < -0.4 is 19.1 Å². The molecule has 2 aliphatic carbocycles. The molecule has 2 bridgehead atoms. The molecule has 3 aromatic rings. The highest BCUT2D eigenvalue weighted by Crippen LogP contribution is 2.47. The molecule has 14 heteroatoms. The van der Waals surface area contributed by atoms with Crippen LogP contribution in [0.5, 0.6) is 11.6 Å². The lowest BCUT2D eigenvalue weighted by Gasteiger charge is -2.46. The maximum atomic E-state index is 14.7. The van der Waals surface area contributed by atoms with E-state index >= 15 is 0 Å². The first-order valence-electron chi connectivity index (χ1n) is 18.8. The average Bonchev–Trinajstić information content (AvgIpc) is 3.44. The van der Waals surface area contributed by atoms with Crippen LogP contribution in [0.25, 0.3) is 0 Å². The number of nitrogens with one attached hydrogen (secondary N) is 1. The van der Waals surface area contributed by atoms with E-state index in [4.69, 9.17) is 25.8 Å². The van der Waals surface area contributed by atoms with Crippen molar-refractivity contribution in [3.8, 4) is 11.6 Å². The fourth-order valence-electron chi connectivity index (χ4n) is 8.54. The van der Waals surface area contributed by atoms with Crippen molar-refractivity contribution < 1.29 is 28.0 Å². The molecule has 1 aromatic heterocycles. The van der Waals surface area contributed by atoms with Gasteiger partial charge in [-0.25, -0.2) is 4.21 Å². The van der Waals surface area contributed by atoms with E-state index in [1.54, 1.807) is 13.1 Å². The maximum absolute atomic E-state index is 14.7. The molecule has 11 nitrogen and oxygen atoms in total. The number of benzene rings is 2. The molecule has 290 valence electrons. The molecule has 1 spiro atoms. The van der Waals surface area contributed by atoms with E-state index in [0.717, 1.165) is 60.2 Å². The summed E-state index contributed by atoms with van der Waals surface area (Å²) in [6.07, 6.45) is 12.4. The molecule has 1 saturated carbocycles. The van der Waals surface area contributed by atoms with Gasteiger partial charge in [0.05, 0.1) is 31.3 Å². The van der Waals surface area contributed by atoms with E-state index in [9.17, 15) is 13.8 Å². The molecule has 0 saturated heterocycles. The number of rotatable bonds is 7. The number of carbonyl (C=O) groups excluding carboxylic acids is 2. The van der Waals surface area contributed by atoms with Gasteiger partial charge in [0.1, 0.15) is 21.2 Å². The third-order valence-corrected chi connectivity index (χ3v) is 14.3. The number of hydrogen-bond acceptors (Lipinski definition) is 8. The third-order valence-electron chi connectivity index (χ3n) is 11.3. The predicted octanol–water partition coefficient (Wildman–Crippen LogP) is 7.34. The van der Waals surface area contributed by atoms with Crippen LogP contribution in [0.2, 0.25) is 5.02 Å². The Kier molecular flexibility index (Phi) is 12.0. The molecule has 0 unspecified atom stereocenters. The number of aromatic nitrogens is 2.